The molecule has 3 N–H and O–H groups in total. The molecule has 0 aromatic heterocycles. The fraction of sp³-hybridized carbons (Fsp3) is 0.500. The van der Waals surface area contributed by atoms with Gasteiger partial charge in [0, 0.05) is 26.7 Å². The Hall–Kier alpha value is -1.13. The van der Waals surface area contributed by atoms with Crippen molar-refractivity contribution in [3.63, 3.8) is 0 Å². The van der Waals surface area contributed by atoms with Gasteiger partial charge in [0.05, 0.1) is 5.70 Å². The maximum Gasteiger partial charge on any atom is 0.336 e. The SMILES string of the molecule is CNC1=N[B]C(NC)=C1NC. The predicted molar refractivity (Wildman–Crippen MR) is 47.4 cm³/mol. The summed E-state index contributed by atoms with van der Waals surface area (Å²) in [6.07, 6.45) is 0. The minimum absolute atomic E-state index is 0.872. The summed E-state index contributed by atoms with van der Waals surface area (Å²) in [7, 11) is 7.39. The Morgan fingerprint density at radius 2 is 1.82 bits per heavy atom. The van der Waals surface area contributed by atoms with E-state index in [4.69, 9.17) is 0 Å². The van der Waals surface area contributed by atoms with E-state index in [2.05, 4.69) is 20.9 Å². The summed E-state index contributed by atoms with van der Waals surface area (Å²) in [6, 6.07) is 0. The molecule has 0 unspecified atom stereocenters. The van der Waals surface area contributed by atoms with Crippen LogP contribution in [0.25, 0.3) is 0 Å². The van der Waals surface area contributed by atoms with Crippen molar-refractivity contribution in [3.8, 4) is 0 Å². The van der Waals surface area contributed by atoms with Crippen molar-refractivity contribution in [1.82, 2.24) is 16.0 Å². The highest BCUT2D eigenvalue weighted by atomic mass is 15.1. The third kappa shape index (κ3) is 1.31. The first-order valence-electron chi connectivity index (χ1n) is 3.52. The van der Waals surface area contributed by atoms with Crippen LogP contribution < -0.4 is 16.0 Å². The summed E-state index contributed by atoms with van der Waals surface area (Å²) in [5, 5.41) is 9.08. The first-order valence-corrected chi connectivity index (χ1v) is 3.52. The van der Waals surface area contributed by atoms with Crippen LogP contribution in [-0.2, 0) is 0 Å². The van der Waals surface area contributed by atoms with Gasteiger partial charge in [-0.3, -0.25) is 0 Å². The first-order chi connectivity index (χ1) is 5.33. The number of amidine groups is 1. The van der Waals surface area contributed by atoms with Crippen molar-refractivity contribution in [2.45, 2.75) is 0 Å². The van der Waals surface area contributed by atoms with Gasteiger partial charge >= 0.3 is 7.41 Å². The Kier molecular flexibility index (Phi) is 2.41. The molecule has 0 spiro atoms. The number of hydrogen-bond donors (Lipinski definition) is 3. The maximum atomic E-state index is 4.14. The second-order valence-corrected chi connectivity index (χ2v) is 2.15. The molecule has 0 saturated carbocycles. The summed E-state index contributed by atoms with van der Waals surface area (Å²) in [4.78, 5) is 4.14. The molecule has 1 heterocycles. The standard InChI is InChI=1S/C6H12BN4/c1-8-4-5(9-2)7-11-6(4)10-3/h8-9H,1-3H3,(H,10,11). The largest absolute Gasteiger partial charge is 0.396 e. The lowest BCUT2D eigenvalue weighted by Crippen LogP contribution is -2.27. The van der Waals surface area contributed by atoms with Crippen molar-refractivity contribution in [3.05, 3.63) is 11.3 Å². The molecular formula is C6H12BN4. The van der Waals surface area contributed by atoms with Crippen LogP contribution in [0.3, 0.4) is 0 Å². The Morgan fingerprint density at radius 3 is 2.27 bits per heavy atom. The second-order valence-electron chi connectivity index (χ2n) is 2.15. The molecule has 59 valence electrons. The van der Waals surface area contributed by atoms with Crippen molar-refractivity contribution >= 4 is 13.3 Å². The van der Waals surface area contributed by atoms with Gasteiger partial charge in [0.1, 0.15) is 5.84 Å². The van der Waals surface area contributed by atoms with Gasteiger partial charge < -0.3 is 20.9 Å². The van der Waals surface area contributed by atoms with Crippen LogP contribution in [0, 0.1) is 0 Å². The van der Waals surface area contributed by atoms with Crippen LogP contribution >= 0.6 is 0 Å². The zero-order valence-electron chi connectivity index (χ0n) is 7.02. The van der Waals surface area contributed by atoms with E-state index in [1.807, 2.05) is 21.1 Å². The predicted octanol–water partition coefficient (Wildman–Crippen LogP) is -1.15. The third-order valence-corrected chi connectivity index (χ3v) is 1.59. The van der Waals surface area contributed by atoms with Crippen LogP contribution in [0.15, 0.2) is 16.2 Å². The fourth-order valence-corrected chi connectivity index (χ4v) is 1.02. The molecule has 1 radical (unpaired) electrons. The summed E-state index contributed by atoms with van der Waals surface area (Å²) < 4.78 is 0. The van der Waals surface area contributed by atoms with Gasteiger partial charge in [0.25, 0.3) is 0 Å². The van der Waals surface area contributed by atoms with Gasteiger partial charge in [-0.25, -0.2) is 0 Å². The van der Waals surface area contributed by atoms with E-state index in [1.54, 1.807) is 7.41 Å². The molecular weight excluding hydrogens is 139 g/mol. The van der Waals surface area contributed by atoms with E-state index in [9.17, 15) is 0 Å². The molecule has 5 heteroatoms. The molecule has 1 aliphatic heterocycles. The Morgan fingerprint density at radius 1 is 1.09 bits per heavy atom. The highest BCUT2D eigenvalue weighted by molar-refractivity contribution is 6.50. The molecule has 0 amide bonds. The Balaban J connectivity index is 2.80. The average Bonchev–Trinajstić information content (AvgIpc) is 2.45. The summed E-state index contributed by atoms with van der Waals surface area (Å²) in [5.74, 6) is 0.872. The maximum absolute atomic E-state index is 4.14. The van der Waals surface area contributed by atoms with Crippen LogP contribution in [0.4, 0.5) is 0 Å². The normalized spacial score (nSPS) is 15.7. The molecule has 0 aliphatic carbocycles. The molecule has 1 rings (SSSR count). The van der Waals surface area contributed by atoms with Crippen LogP contribution in [0.5, 0.6) is 0 Å². The van der Waals surface area contributed by atoms with Crippen molar-refractivity contribution in [2.24, 2.45) is 4.90 Å². The van der Waals surface area contributed by atoms with Crippen LogP contribution in [0.1, 0.15) is 0 Å². The zero-order chi connectivity index (χ0) is 8.27. The lowest BCUT2D eigenvalue weighted by atomic mass is 9.92. The van der Waals surface area contributed by atoms with Crippen LogP contribution in [0.2, 0.25) is 0 Å². The quantitative estimate of drug-likeness (QED) is 0.436. The lowest BCUT2D eigenvalue weighted by molar-refractivity contribution is 0.962. The minimum Gasteiger partial charge on any atom is -0.396 e. The Bertz CT molecular complexity index is 209. The van der Waals surface area contributed by atoms with Gasteiger partial charge in [-0.15, -0.1) is 0 Å². The van der Waals surface area contributed by atoms with Gasteiger partial charge in [-0.05, 0) is 0 Å². The molecule has 0 aromatic rings. The highest BCUT2D eigenvalue weighted by Crippen LogP contribution is 2.04. The number of likely N-dealkylation sites (N-methyl/N-ethyl adjacent to an activating group) is 2. The lowest BCUT2D eigenvalue weighted by Gasteiger charge is -2.08. The van der Waals surface area contributed by atoms with E-state index in [0.717, 1.165) is 17.1 Å². The number of rotatable bonds is 2. The zero-order valence-corrected chi connectivity index (χ0v) is 7.02. The second kappa shape index (κ2) is 3.32. The average molecular weight is 151 g/mol. The van der Waals surface area contributed by atoms with Crippen molar-refractivity contribution < 1.29 is 0 Å². The summed E-state index contributed by atoms with van der Waals surface area (Å²) in [5.41, 5.74) is 2.02. The number of hydrogen-bond acceptors (Lipinski definition) is 4. The molecule has 0 bridgehead atoms. The van der Waals surface area contributed by atoms with Crippen LogP contribution in [-0.4, -0.2) is 34.4 Å². The topological polar surface area (TPSA) is 48.5 Å². The molecule has 0 fully saturated rings. The van der Waals surface area contributed by atoms with E-state index in [0.29, 0.717) is 0 Å². The van der Waals surface area contributed by atoms with E-state index in [-0.39, 0.29) is 0 Å². The van der Waals surface area contributed by atoms with Gasteiger partial charge in [0.2, 0.25) is 0 Å². The molecule has 1 aliphatic rings. The number of nitrogens with one attached hydrogen (secondary N) is 3. The van der Waals surface area contributed by atoms with Gasteiger partial charge in [0.15, 0.2) is 0 Å². The molecule has 4 nitrogen and oxygen atoms in total. The van der Waals surface area contributed by atoms with E-state index < -0.39 is 0 Å². The minimum atomic E-state index is 0.872. The van der Waals surface area contributed by atoms with Gasteiger partial charge in [-0.1, -0.05) is 0 Å². The van der Waals surface area contributed by atoms with E-state index in [1.165, 1.54) is 0 Å². The first kappa shape index (κ1) is 7.98. The monoisotopic (exact) mass is 151 g/mol. The van der Waals surface area contributed by atoms with E-state index >= 15 is 0 Å². The Labute approximate surface area is 67.4 Å². The number of nitrogens with zero attached hydrogens (tertiary/aromatic N) is 1. The molecule has 0 saturated heterocycles. The summed E-state index contributed by atoms with van der Waals surface area (Å²) in [6.45, 7) is 0. The fourth-order valence-electron chi connectivity index (χ4n) is 1.02. The third-order valence-electron chi connectivity index (χ3n) is 1.59. The van der Waals surface area contributed by atoms with Crippen molar-refractivity contribution in [2.75, 3.05) is 21.1 Å². The summed E-state index contributed by atoms with van der Waals surface area (Å²) >= 11 is 0. The van der Waals surface area contributed by atoms with Gasteiger partial charge in [-0.2, -0.15) is 0 Å². The highest BCUT2D eigenvalue weighted by Gasteiger charge is 2.16. The van der Waals surface area contributed by atoms with Crippen molar-refractivity contribution in [1.29, 1.82) is 0 Å². The molecule has 0 atom stereocenters. The smallest absolute Gasteiger partial charge is 0.336 e. The molecule has 11 heavy (non-hydrogen) atoms. The molecule has 0 aromatic carbocycles.